The largest absolute Gasteiger partial charge is 0.368 e. The van der Waals surface area contributed by atoms with Crippen molar-refractivity contribution in [2.75, 3.05) is 12.3 Å². The van der Waals surface area contributed by atoms with E-state index in [1.54, 1.807) is 0 Å². The van der Waals surface area contributed by atoms with E-state index >= 15 is 0 Å². The molecule has 0 bridgehead atoms. The van der Waals surface area contributed by atoms with Gasteiger partial charge in [-0.05, 0) is 44.9 Å². The van der Waals surface area contributed by atoms with Crippen LogP contribution < -0.4 is 11.1 Å². The van der Waals surface area contributed by atoms with E-state index in [9.17, 15) is 4.79 Å². The number of nitrogens with one attached hydrogen (secondary N) is 1. The molecule has 0 spiro atoms. The van der Waals surface area contributed by atoms with Crippen LogP contribution in [0.1, 0.15) is 59.8 Å². The Morgan fingerprint density at radius 3 is 2.56 bits per heavy atom. The second-order valence-corrected chi connectivity index (χ2v) is 6.72. The minimum absolute atomic E-state index is 0.231. The Kier molecular flexibility index (Phi) is 9.56. The first-order valence-corrected chi connectivity index (χ1v) is 8.17. The van der Waals surface area contributed by atoms with Crippen molar-refractivity contribution in [3.63, 3.8) is 0 Å². The normalized spacial score (nSPS) is 16.2. The Morgan fingerprint density at radius 2 is 2.06 bits per heavy atom. The van der Waals surface area contributed by atoms with E-state index in [1.165, 1.54) is 12.2 Å². The number of carbonyl (C=O) groups is 1. The predicted octanol–water partition coefficient (Wildman–Crippen LogP) is 2.93. The van der Waals surface area contributed by atoms with Gasteiger partial charge in [0.2, 0.25) is 5.91 Å². The van der Waals surface area contributed by atoms with Gasteiger partial charge < -0.3 is 11.1 Å². The molecule has 2 atom stereocenters. The van der Waals surface area contributed by atoms with Crippen LogP contribution in [-0.2, 0) is 4.79 Å². The fourth-order valence-corrected chi connectivity index (χ4v) is 2.69. The van der Waals surface area contributed by atoms with Crippen LogP contribution in [0.15, 0.2) is 0 Å². The van der Waals surface area contributed by atoms with Gasteiger partial charge in [-0.25, -0.2) is 0 Å². The second-order valence-electron chi connectivity index (χ2n) is 5.17. The lowest BCUT2D eigenvalue weighted by molar-refractivity contribution is -0.124. The van der Waals surface area contributed by atoms with Crippen molar-refractivity contribution in [3.05, 3.63) is 0 Å². The first-order valence-electron chi connectivity index (χ1n) is 7.12. The van der Waals surface area contributed by atoms with Crippen LogP contribution >= 0.6 is 11.8 Å². The molecule has 0 rings (SSSR count). The summed E-state index contributed by atoms with van der Waals surface area (Å²) in [5.41, 5.74) is 4.96. The molecule has 0 fully saturated rings. The van der Waals surface area contributed by atoms with Crippen LogP contribution in [0.25, 0.3) is 0 Å². The summed E-state index contributed by atoms with van der Waals surface area (Å²) in [6.07, 6.45) is 5.29. The summed E-state index contributed by atoms with van der Waals surface area (Å²) < 4.78 is 0. The van der Waals surface area contributed by atoms with Crippen LogP contribution in [0.5, 0.6) is 0 Å². The molecule has 0 saturated heterocycles. The van der Waals surface area contributed by atoms with Crippen LogP contribution in [-0.4, -0.2) is 29.0 Å². The third kappa shape index (κ3) is 7.27. The van der Waals surface area contributed by atoms with Crippen molar-refractivity contribution < 1.29 is 4.79 Å². The SMILES string of the molecule is CCCNC(C)(CCCCSC(C)CC)C(N)=O. The zero-order chi connectivity index (χ0) is 14.0. The number of rotatable bonds is 11. The maximum absolute atomic E-state index is 11.5. The lowest BCUT2D eigenvalue weighted by atomic mass is 9.94. The molecule has 0 aromatic carbocycles. The van der Waals surface area contributed by atoms with E-state index in [-0.39, 0.29) is 5.91 Å². The highest BCUT2D eigenvalue weighted by Gasteiger charge is 2.29. The van der Waals surface area contributed by atoms with Gasteiger partial charge in [0.25, 0.3) is 0 Å². The Bertz CT molecular complexity index is 236. The summed E-state index contributed by atoms with van der Waals surface area (Å²) in [5, 5.41) is 4.02. The maximum Gasteiger partial charge on any atom is 0.237 e. The van der Waals surface area contributed by atoms with Crippen LogP contribution in [0.2, 0.25) is 0 Å². The van der Waals surface area contributed by atoms with Gasteiger partial charge in [-0.3, -0.25) is 4.79 Å². The summed E-state index contributed by atoms with van der Waals surface area (Å²) in [6.45, 7) is 9.35. The third-order valence-electron chi connectivity index (χ3n) is 3.36. The number of hydrogen-bond acceptors (Lipinski definition) is 3. The van der Waals surface area contributed by atoms with E-state index in [1.807, 2.05) is 18.7 Å². The van der Waals surface area contributed by atoms with Crippen LogP contribution in [0.4, 0.5) is 0 Å². The Hall–Kier alpha value is -0.220. The smallest absolute Gasteiger partial charge is 0.237 e. The van der Waals surface area contributed by atoms with Crippen molar-refractivity contribution in [2.24, 2.45) is 5.73 Å². The molecule has 108 valence electrons. The molecule has 0 aliphatic rings. The van der Waals surface area contributed by atoms with E-state index in [0.717, 1.165) is 37.5 Å². The van der Waals surface area contributed by atoms with Crippen molar-refractivity contribution in [3.8, 4) is 0 Å². The summed E-state index contributed by atoms with van der Waals surface area (Å²) in [7, 11) is 0. The van der Waals surface area contributed by atoms with Crippen molar-refractivity contribution in [1.29, 1.82) is 0 Å². The summed E-state index contributed by atoms with van der Waals surface area (Å²) in [6, 6.07) is 0. The molecule has 0 saturated carbocycles. The molecule has 0 radical (unpaired) electrons. The van der Waals surface area contributed by atoms with Crippen molar-refractivity contribution >= 4 is 17.7 Å². The molecule has 18 heavy (non-hydrogen) atoms. The van der Waals surface area contributed by atoms with Crippen LogP contribution in [0, 0.1) is 0 Å². The zero-order valence-electron chi connectivity index (χ0n) is 12.4. The van der Waals surface area contributed by atoms with Crippen LogP contribution in [0.3, 0.4) is 0 Å². The first kappa shape index (κ1) is 17.8. The number of nitrogens with two attached hydrogens (primary N) is 1. The zero-order valence-corrected chi connectivity index (χ0v) is 13.2. The predicted molar refractivity (Wildman–Crippen MR) is 82.0 cm³/mol. The molecule has 3 N–H and O–H groups in total. The molecule has 1 amide bonds. The molecule has 0 aliphatic carbocycles. The Labute approximate surface area is 117 Å². The molecule has 2 unspecified atom stereocenters. The molecular formula is C14H30N2OS. The van der Waals surface area contributed by atoms with Gasteiger partial charge in [0, 0.05) is 5.25 Å². The average molecular weight is 274 g/mol. The molecule has 4 heteroatoms. The second kappa shape index (κ2) is 9.68. The monoisotopic (exact) mass is 274 g/mol. The number of primary amides is 1. The van der Waals surface area contributed by atoms with Gasteiger partial charge in [-0.15, -0.1) is 0 Å². The summed E-state index contributed by atoms with van der Waals surface area (Å²) >= 11 is 2.02. The number of carbonyl (C=O) groups excluding carboxylic acids is 1. The van der Waals surface area contributed by atoms with E-state index < -0.39 is 5.54 Å². The fourth-order valence-electron chi connectivity index (χ4n) is 1.68. The fraction of sp³-hybridized carbons (Fsp3) is 0.929. The molecule has 3 nitrogen and oxygen atoms in total. The number of hydrogen-bond donors (Lipinski definition) is 2. The minimum Gasteiger partial charge on any atom is -0.368 e. The van der Waals surface area contributed by atoms with E-state index in [2.05, 4.69) is 26.1 Å². The number of amides is 1. The van der Waals surface area contributed by atoms with Gasteiger partial charge >= 0.3 is 0 Å². The number of thioether (sulfide) groups is 1. The Morgan fingerprint density at radius 1 is 1.39 bits per heavy atom. The third-order valence-corrected chi connectivity index (χ3v) is 4.78. The highest BCUT2D eigenvalue weighted by atomic mass is 32.2. The quantitative estimate of drug-likeness (QED) is 0.570. The van der Waals surface area contributed by atoms with Gasteiger partial charge in [0.05, 0.1) is 5.54 Å². The van der Waals surface area contributed by atoms with Gasteiger partial charge in [-0.1, -0.05) is 27.2 Å². The summed E-state index contributed by atoms with van der Waals surface area (Å²) in [5.74, 6) is 0.947. The lowest BCUT2D eigenvalue weighted by Gasteiger charge is -2.27. The lowest BCUT2D eigenvalue weighted by Crippen LogP contribution is -2.53. The number of unbranched alkanes of at least 4 members (excludes halogenated alkanes) is 1. The van der Waals surface area contributed by atoms with Crippen molar-refractivity contribution in [1.82, 2.24) is 5.32 Å². The summed E-state index contributed by atoms with van der Waals surface area (Å²) in [4.78, 5) is 11.5. The molecule has 0 heterocycles. The molecule has 0 aromatic rings. The van der Waals surface area contributed by atoms with E-state index in [0.29, 0.717) is 0 Å². The van der Waals surface area contributed by atoms with Gasteiger partial charge in [0.1, 0.15) is 0 Å². The maximum atomic E-state index is 11.5. The Balaban J connectivity index is 3.87. The topological polar surface area (TPSA) is 55.1 Å². The van der Waals surface area contributed by atoms with Crippen molar-refractivity contribution in [2.45, 2.75) is 70.6 Å². The van der Waals surface area contributed by atoms with Gasteiger partial charge in [0.15, 0.2) is 0 Å². The first-order chi connectivity index (χ1) is 8.46. The molecular weight excluding hydrogens is 244 g/mol. The highest BCUT2D eigenvalue weighted by molar-refractivity contribution is 7.99. The molecule has 0 aromatic heterocycles. The minimum atomic E-state index is -0.531. The standard InChI is InChI=1S/C14H30N2OS/c1-5-10-16-14(4,13(15)17)9-7-8-11-18-12(3)6-2/h12,16H,5-11H2,1-4H3,(H2,15,17). The van der Waals surface area contributed by atoms with E-state index in [4.69, 9.17) is 5.73 Å². The average Bonchev–Trinajstić information content (AvgIpc) is 2.35. The highest BCUT2D eigenvalue weighted by Crippen LogP contribution is 2.18. The van der Waals surface area contributed by atoms with Gasteiger partial charge in [-0.2, -0.15) is 11.8 Å². The molecule has 0 aliphatic heterocycles.